The molecule has 5 heteroatoms. The third-order valence-electron chi connectivity index (χ3n) is 2.57. The van der Waals surface area contributed by atoms with Gasteiger partial charge in [-0.1, -0.05) is 6.07 Å². The number of hydrogen-bond acceptors (Lipinski definition) is 5. The number of ether oxygens (including phenoxy) is 2. The van der Waals surface area contributed by atoms with E-state index in [1.807, 2.05) is 12.1 Å². The fourth-order valence-corrected chi connectivity index (χ4v) is 1.61. The van der Waals surface area contributed by atoms with Crippen molar-refractivity contribution in [2.45, 2.75) is 13.0 Å². The second kappa shape index (κ2) is 5.95. The molecule has 1 atom stereocenters. The summed E-state index contributed by atoms with van der Waals surface area (Å²) in [5.74, 6) is -0.233. The summed E-state index contributed by atoms with van der Waals surface area (Å²) in [7, 11) is 1.46. The number of nitrogens with zero attached hydrogens (tertiary/aromatic N) is 2. The van der Waals surface area contributed by atoms with E-state index in [9.17, 15) is 4.79 Å². The first kappa shape index (κ1) is 13.0. The molecule has 0 aliphatic heterocycles. The van der Waals surface area contributed by atoms with E-state index in [0.29, 0.717) is 11.3 Å². The zero-order chi connectivity index (χ0) is 13.7. The van der Waals surface area contributed by atoms with Crippen molar-refractivity contribution in [3.05, 3.63) is 54.0 Å². The molecule has 0 bridgehead atoms. The Labute approximate surface area is 111 Å². The molecule has 0 N–H and O–H groups in total. The predicted octanol–water partition coefficient (Wildman–Crippen LogP) is 2.40. The van der Waals surface area contributed by atoms with E-state index in [0.717, 1.165) is 0 Å². The molecule has 2 heterocycles. The van der Waals surface area contributed by atoms with Crippen molar-refractivity contribution < 1.29 is 14.3 Å². The quantitative estimate of drug-likeness (QED) is 0.788. The third kappa shape index (κ3) is 3.07. The van der Waals surface area contributed by atoms with Crippen LogP contribution in [0.15, 0.2) is 42.7 Å². The minimum absolute atomic E-state index is 0.251. The lowest BCUT2D eigenvalue weighted by Crippen LogP contribution is -2.11. The highest BCUT2D eigenvalue weighted by Crippen LogP contribution is 2.20. The average molecular weight is 258 g/mol. The molecule has 98 valence electrons. The van der Waals surface area contributed by atoms with Gasteiger partial charge in [0.25, 0.3) is 0 Å². The molecule has 2 aromatic heterocycles. The summed E-state index contributed by atoms with van der Waals surface area (Å²) in [6.45, 7) is 1.77. The lowest BCUT2D eigenvalue weighted by molar-refractivity contribution is 0.0325. The van der Waals surface area contributed by atoms with Gasteiger partial charge in [0, 0.05) is 12.4 Å². The Balaban J connectivity index is 2.13. The summed E-state index contributed by atoms with van der Waals surface area (Å²) in [5, 5.41) is 0. The van der Waals surface area contributed by atoms with Crippen molar-refractivity contribution >= 4 is 5.97 Å². The molecule has 0 aromatic carbocycles. The van der Waals surface area contributed by atoms with E-state index < -0.39 is 12.1 Å². The molecule has 0 saturated heterocycles. The van der Waals surface area contributed by atoms with E-state index in [4.69, 9.17) is 9.47 Å². The number of hydrogen-bond donors (Lipinski definition) is 0. The topological polar surface area (TPSA) is 61.3 Å². The molecule has 0 amide bonds. The smallest absolute Gasteiger partial charge is 0.344 e. The van der Waals surface area contributed by atoms with Gasteiger partial charge in [-0.05, 0) is 31.2 Å². The van der Waals surface area contributed by atoms with Gasteiger partial charge in [0.1, 0.15) is 11.7 Å². The molecular formula is C14H14N2O3. The lowest BCUT2D eigenvalue weighted by atomic mass is 10.2. The number of rotatable bonds is 4. The maximum absolute atomic E-state index is 12.0. The maximum atomic E-state index is 12.0. The van der Waals surface area contributed by atoms with Crippen LogP contribution in [0.5, 0.6) is 5.88 Å². The Morgan fingerprint density at radius 1 is 1.16 bits per heavy atom. The van der Waals surface area contributed by atoms with E-state index in [2.05, 4.69) is 9.97 Å². The van der Waals surface area contributed by atoms with Gasteiger partial charge < -0.3 is 9.47 Å². The Hall–Kier alpha value is -2.43. The predicted molar refractivity (Wildman–Crippen MR) is 68.9 cm³/mol. The van der Waals surface area contributed by atoms with Crippen LogP contribution in [0.2, 0.25) is 0 Å². The van der Waals surface area contributed by atoms with E-state index >= 15 is 0 Å². The van der Waals surface area contributed by atoms with Gasteiger partial charge in [-0.25, -0.2) is 9.78 Å². The summed E-state index contributed by atoms with van der Waals surface area (Å²) in [5.41, 5.74) is 0.992. The zero-order valence-electron chi connectivity index (χ0n) is 10.7. The highest BCUT2D eigenvalue weighted by molar-refractivity contribution is 5.91. The van der Waals surface area contributed by atoms with Crippen molar-refractivity contribution in [1.82, 2.24) is 9.97 Å². The van der Waals surface area contributed by atoms with Crippen molar-refractivity contribution in [3.8, 4) is 5.88 Å². The fourth-order valence-electron chi connectivity index (χ4n) is 1.61. The van der Waals surface area contributed by atoms with Crippen LogP contribution in [0, 0.1) is 0 Å². The van der Waals surface area contributed by atoms with Gasteiger partial charge in [0.05, 0.1) is 12.8 Å². The van der Waals surface area contributed by atoms with E-state index in [1.165, 1.54) is 7.11 Å². The SMILES string of the molecule is COc1ncccc1C(=O)O[C@H](C)c1ccccn1. The Bertz CT molecular complexity index is 558. The van der Waals surface area contributed by atoms with Gasteiger partial charge in [0.2, 0.25) is 5.88 Å². The molecule has 0 aliphatic carbocycles. The number of carbonyl (C=O) groups excluding carboxylic acids is 1. The molecule has 2 rings (SSSR count). The van der Waals surface area contributed by atoms with Crippen LogP contribution in [0.1, 0.15) is 29.1 Å². The van der Waals surface area contributed by atoms with Crippen LogP contribution in [-0.4, -0.2) is 23.0 Å². The first-order chi connectivity index (χ1) is 9.22. The summed E-state index contributed by atoms with van der Waals surface area (Å²) >= 11 is 0. The largest absolute Gasteiger partial charge is 0.480 e. The van der Waals surface area contributed by atoms with Gasteiger partial charge in [-0.3, -0.25) is 4.98 Å². The van der Waals surface area contributed by atoms with Crippen LogP contribution in [-0.2, 0) is 4.74 Å². The Kier molecular flexibility index (Phi) is 4.07. The summed E-state index contributed by atoms with van der Waals surface area (Å²) < 4.78 is 10.4. The Morgan fingerprint density at radius 2 is 1.95 bits per heavy atom. The molecule has 0 fully saturated rings. The van der Waals surface area contributed by atoms with Crippen molar-refractivity contribution in [3.63, 3.8) is 0 Å². The zero-order valence-corrected chi connectivity index (χ0v) is 10.7. The summed E-state index contributed by atoms with van der Waals surface area (Å²) in [6.07, 6.45) is 2.78. The van der Waals surface area contributed by atoms with Crippen molar-refractivity contribution in [2.75, 3.05) is 7.11 Å². The number of pyridine rings is 2. The summed E-state index contributed by atoms with van der Waals surface area (Å²) in [6, 6.07) is 8.72. The molecule has 2 aromatic rings. The minimum atomic E-state index is -0.483. The van der Waals surface area contributed by atoms with Crippen molar-refractivity contribution in [1.29, 1.82) is 0 Å². The fraction of sp³-hybridized carbons (Fsp3) is 0.214. The molecule has 5 nitrogen and oxygen atoms in total. The molecule has 0 unspecified atom stereocenters. The molecule has 0 radical (unpaired) electrons. The van der Waals surface area contributed by atoms with Gasteiger partial charge in [-0.2, -0.15) is 0 Å². The molecule has 0 spiro atoms. The van der Waals surface area contributed by atoms with Gasteiger partial charge >= 0.3 is 5.97 Å². The summed E-state index contributed by atoms with van der Waals surface area (Å²) in [4.78, 5) is 20.1. The van der Waals surface area contributed by atoms with Gasteiger partial charge in [0.15, 0.2) is 0 Å². The number of aromatic nitrogens is 2. The van der Waals surface area contributed by atoms with Crippen LogP contribution >= 0.6 is 0 Å². The molecule has 19 heavy (non-hydrogen) atoms. The molecule has 0 saturated carbocycles. The highest BCUT2D eigenvalue weighted by atomic mass is 16.5. The van der Waals surface area contributed by atoms with E-state index in [-0.39, 0.29) is 5.88 Å². The van der Waals surface area contributed by atoms with Crippen LogP contribution in [0.3, 0.4) is 0 Å². The second-order valence-electron chi connectivity index (χ2n) is 3.86. The first-order valence-corrected chi connectivity index (χ1v) is 5.83. The molecule has 0 aliphatic rings. The van der Waals surface area contributed by atoms with Crippen LogP contribution in [0.4, 0.5) is 0 Å². The maximum Gasteiger partial charge on any atom is 0.344 e. The monoisotopic (exact) mass is 258 g/mol. The first-order valence-electron chi connectivity index (χ1n) is 5.83. The standard InChI is InChI=1S/C14H14N2O3/c1-10(12-7-3-4-8-15-12)19-14(17)11-6-5-9-16-13(11)18-2/h3-10H,1-2H3/t10-/m1/s1. The normalized spacial score (nSPS) is 11.7. The lowest BCUT2D eigenvalue weighted by Gasteiger charge is -2.13. The second-order valence-corrected chi connectivity index (χ2v) is 3.86. The Morgan fingerprint density at radius 3 is 2.63 bits per heavy atom. The average Bonchev–Trinajstić information content (AvgIpc) is 2.48. The minimum Gasteiger partial charge on any atom is -0.480 e. The highest BCUT2D eigenvalue weighted by Gasteiger charge is 2.18. The number of esters is 1. The van der Waals surface area contributed by atoms with E-state index in [1.54, 1.807) is 37.5 Å². The third-order valence-corrected chi connectivity index (χ3v) is 2.57. The molecular weight excluding hydrogens is 244 g/mol. The van der Waals surface area contributed by atoms with Gasteiger partial charge in [-0.15, -0.1) is 0 Å². The van der Waals surface area contributed by atoms with Crippen LogP contribution < -0.4 is 4.74 Å². The van der Waals surface area contributed by atoms with Crippen molar-refractivity contribution in [2.24, 2.45) is 0 Å². The number of methoxy groups -OCH3 is 1. The number of carbonyl (C=O) groups is 1. The van der Waals surface area contributed by atoms with Crippen LogP contribution in [0.25, 0.3) is 0 Å².